The highest BCUT2D eigenvalue weighted by atomic mass is 16.3. The van der Waals surface area contributed by atoms with Crippen LogP contribution in [0.5, 0.6) is 0 Å². The van der Waals surface area contributed by atoms with Crippen molar-refractivity contribution in [2.45, 2.75) is 45.6 Å². The van der Waals surface area contributed by atoms with Gasteiger partial charge in [0.25, 0.3) is 0 Å². The number of carbonyl (C=O) groups excluding carboxylic acids is 2. The molecule has 0 saturated heterocycles. The molecule has 4 N–H and O–H groups in total. The fourth-order valence-corrected chi connectivity index (χ4v) is 1.67. The smallest absolute Gasteiger partial charge is 0.249 e. The van der Waals surface area contributed by atoms with E-state index >= 15 is 0 Å². The van der Waals surface area contributed by atoms with E-state index in [0.717, 1.165) is 6.54 Å². The minimum absolute atomic E-state index is 0.00221. The molecule has 0 spiro atoms. The van der Waals surface area contributed by atoms with Gasteiger partial charge in [0.05, 0.1) is 6.61 Å². The van der Waals surface area contributed by atoms with E-state index in [4.69, 9.17) is 5.11 Å². The van der Waals surface area contributed by atoms with E-state index in [1.807, 2.05) is 0 Å². The van der Waals surface area contributed by atoms with Crippen LogP contribution in [-0.2, 0) is 9.59 Å². The SMILES string of the molecule is CC(C)(CO)[C@@H](O)C(=O)NCCCC(=O)NCC1CC1. The maximum Gasteiger partial charge on any atom is 0.249 e. The highest BCUT2D eigenvalue weighted by Crippen LogP contribution is 2.27. The van der Waals surface area contributed by atoms with Gasteiger partial charge in [-0.2, -0.15) is 0 Å². The molecule has 6 heteroatoms. The van der Waals surface area contributed by atoms with E-state index in [9.17, 15) is 14.7 Å². The van der Waals surface area contributed by atoms with Crippen LogP contribution in [0.2, 0.25) is 0 Å². The Morgan fingerprint density at radius 1 is 1.30 bits per heavy atom. The molecule has 116 valence electrons. The van der Waals surface area contributed by atoms with Crippen LogP contribution in [0.1, 0.15) is 39.5 Å². The van der Waals surface area contributed by atoms with Crippen molar-refractivity contribution < 1.29 is 19.8 Å². The lowest BCUT2D eigenvalue weighted by Gasteiger charge is -2.27. The third kappa shape index (κ3) is 5.88. The average molecular weight is 286 g/mol. The minimum atomic E-state index is -1.25. The summed E-state index contributed by atoms with van der Waals surface area (Å²) in [6.45, 7) is 4.05. The Morgan fingerprint density at radius 3 is 2.50 bits per heavy atom. The number of hydrogen-bond donors (Lipinski definition) is 4. The molecule has 20 heavy (non-hydrogen) atoms. The lowest BCUT2D eigenvalue weighted by Crippen LogP contribution is -2.45. The lowest BCUT2D eigenvalue weighted by atomic mass is 9.87. The molecular formula is C14H26N2O4. The van der Waals surface area contributed by atoms with Crippen molar-refractivity contribution in [3.8, 4) is 0 Å². The molecule has 1 atom stereocenters. The van der Waals surface area contributed by atoms with Crippen LogP contribution in [0.4, 0.5) is 0 Å². The summed E-state index contributed by atoms with van der Waals surface area (Å²) in [5, 5.41) is 24.3. The van der Waals surface area contributed by atoms with Crippen molar-refractivity contribution in [1.82, 2.24) is 10.6 Å². The Bertz CT molecular complexity index is 340. The Balaban J connectivity index is 2.10. The van der Waals surface area contributed by atoms with E-state index in [1.54, 1.807) is 13.8 Å². The van der Waals surface area contributed by atoms with E-state index in [0.29, 0.717) is 25.3 Å². The summed E-state index contributed by atoms with van der Waals surface area (Å²) in [5.74, 6) is 0.152. The van der Waals surface area contributed by atoms with Crippen molar-refractivity contribution in [2.75, 3.05) is 19.7 Å². The summed E-state index contributed by atoms with van der Waals surface area (Å²) in [7, 11) is 0. The summed E-state index contributed by atoms with van der Waals surface area (Å²) in [6.07, 6.45) is 2.06. The van der Waals surface area contributed by atoms with Crippen LogP contribution in [0.15, 0.2) is 0 Å². The molecule has 1 aliphatic carbocycles. The predicted octanol–water partition coefficient (Wildman–Crippen LogP) is -0.212. The van der Waals surface area contributed by atoms with Crippen molar-refractivity contribution in [3.05, 3.63) is 0 Å². The molecule has 0 aliphatic heterocycles. The zero-order valence-corrected chi connectivity index (χ0v) is 12.3. The standard InChI is InChI=1S/C14H26N2O4/c1-14(2,9-17)12(19)13(20)15-7-3-4-11(18)16-8-10-5-6-10/h10,12,17,19H,3-9H2,1-2H3,(H,15,20)(H,16,18)/t12-/m0/s1. The summed E-state index contributed by atoms with van der Waals surface area (Å²) < 4.78 is 0. The number of hydrogen-bond acceptors (Lipinski definition) is 4. The van der Waals surface area contributed by atoms with Crippen molar-refractivity contribution >= 4 is 11.8 Å². The molecule has 1 aliphatic rings. The maximum atomic E-state index is 11.6. The molecule has 0 aromatic rings. The van der Waals surface area contributed by atoms with E-state index in [-0.39, 0.29) is 12.5 Å². The fraction of sp³-hybridized carbons (Fsp3) is 0.857. The molecule has 1 saturated carbocycles. The van der Waals surface area contributed by atoms with Gasteiger partial charge >= 0.3 is 0 Å². The third-order valence-electron chi connectivity index (χ3n) is 3.56. The quantitative estimate of drug-likeness (QED) is 0.441. The van der Waals surface area contributed by atoms with Gasteiger partial charge in [0, 0.05) is 24.9 Å². The highest BCUT2D eigenvalue weighted by Gasteiger charge is 2.32. The van der Waals surface area contributed by atoms with Crippen LogP contribution in [-0.4, -0.2) is 47.8 Å². The molecule has 2 amide bonds. The van der Waals surface area contributed by atoms with Gasteiger partial charge in [0.2, 0.25) is 11.8 Å². The number of rotatable bonds is 9. The van der Waals surface area contributed by atoms with Gasteiger partial charge in [0.1, 0.15) is 6.10 Å². The summed E-state index contributed by atoms with van der Waals surface area (Å²) in [4.78, 5) is 23.1. The number of amides is 2. The first-order chi connectivity index (χ1) is 9.36. The van der Waals surface area contributed by atoms with Gasteiger partial charge in [-0.1, -0.05) is 13.8 Å². The molecule has 1 rings (SSSR count). The summed E-state index contributed by atoms with van der Waals surface area (Å²) in [6, 6.07) is 0. The molecule has 0 bridgehead atoms. The largest absolute Gasteiger partial charge is 0.396 e. The first kappa shape index (κ1) is 16.9. The number of nitrogens with one attached hydrogen (secondary N) is 2. The van der Waals surface area contributed by atoms with Crippen molar-refractivity contribution in [3.63, 3.8) is 0 Å². The van der Waals surface area contributed by atoms with E-state index in [2.05, 4.69) is 10.6 Å². The Hall–Kier alpha value is -1.14. The first-order valence-corrected chi connectivity index (χ1v) is 7.20. The highest BCUT2D eigenvalue weighted by molar-refractivity contribution is 5.81. The van der Waals surface area contributed by atoms with Gasteiger partial charge < -0.3 is 20.8 Å². The second-order valence-corrected chi connectivity index (χ2v) is 6.19. The van der Waals surface area contributed by atoms with Gasteiger partial charge in [0.15, 0.2) is 0 Å². The van der Waals surface area contributed by atoms with Crippen molar-refractivity contribution in [1.29, 1.82) is 0 Å². The fourth-order valence-electron chi connectivity index (χ4n) is 1.67. The van der Waals surface area contributed by atoms with Crippen molar-refractivity contribution in [2.24, 2.45) is 11.3 Å². The number of aliphatic hydroxyl groups excluding tert-OH is 2. The van der Waals surface area contributed by atoms with Gasteiger partial charge in [-0.3, -0.25) is 9.59 Å². The van der Waals surface area contributed by atoms with Gasteiger partial charge in [-0.15, -0.1) is 0 Å². The second kappa shape index (κ2) is 7.59. The monoisotopic (exact) mass is 286 g/mol. The molecule has 0 aromatic heterocycles. The second-order valence-electron chi connectivity index (χ2n) is 6.19. The van der Waals surface area contributed by atoms with Crippen LogP contribution in [0, 0.1) is 11.3 Å². The van der Waals surface area contributed by atoms with E-state index in [1.165, 1.54) is 12.8 Å². The predicted molar refractivity (Wildman–Crippen MR) is 74.9 cm³/mol. The molecule has 0 radical (unpaired) electrons. The normalized spacial score (nSPS) is 16.6. The van der Waals surface area contributed by atoms with Crippen LogP contribution in [0.3, 0.4) is 0 Å². The molecule has 1 fully saturated rings. The molecule has 6 nitrogen and oxygen atoms in total. The summed E-state index contributed by atoms with van der Waals surface area (Å²) >= 11 is 0. The third-order valence-corrected chi connectivity index (χ3v) is 3.56. The molecular weight excluding hydrogens is 260 g/mol. The van der Waals surface area contributed by atoms with Crippen LogP contribution < -0.4 is 10.6 Å². The zero-order valence-electron chi connectivity index (χ0n) is 12.3. The van der Waals surface area contributed by atoms with Gasteiger partial charge in [-0.25, -0.2) is 0 Å². The van der Waals surface area contributed by atoms with Crippen LogP contribution in [0.25, 0.3) is 0 Å². The average Bonchev–Trinajstić information content (AvgIpc) is 3.24. The first-order valence-electron chi connectivity index (χ1n) is 7.20. The Labute approximate surface area is 119 Å². The Kier molecular flexibility index (Phi) is 6.42. The Morgan fingerprint density at radius 2 is 1.95 bits per heavy atom. The van der Waals surface area contributed by atoms with Crippen LogP contribution >= 0.6 is 0 Å². The lowest BCUT2D eigenvalue weighted by molar-refractivity contribution is -0.137. The molecule has 0 unspecified atom stereocenters. The van der Waals surface area contributed by atoms with Gasteiger partial charge in [-0.05, 0) is 25.2 Å². The molecule has 0 heterocycles. The zero-order chi connectivity index (χ0) is 15.2. The number of carbonyl (C=O) groups is 2. The minimum Gasteiger partial charge on any atom is -0.396 e. The molecule has 0 aromatic carbocycles. The van der Waals surface area contributed by atoms with E-state index < -0.39 is 17.4 Å². The maximum absolute atomic E-state index is 11.6. The topological polar surface area (TPSA) is 98.7 Å². The summed E-state index contributed by atoms with van der Waals surface area (Å²) in [5.41, 5.74) is -0.869. The number of aliphatic hydroxyl groups is 2.